The topological polar surface area (TPSA) is 143 Å². The van der Waals surface area contributed by atoms with Gasteiger partial charge in [0.2, 0.25) is 15.8 Å². The Hall–Kier alpha value is -5.08. The number of hydrogen-bond donors (Lipinski definition) is 1. The summed E-state index contributed by atoms with van der Waals surface area (Å²) in [6.07, 6.45) is 3.05. The van der Waals surface area contributed by atoms with Crippen molar-refractivity contribution in [3.63, 3.8) is 0 Å². The van der Waals surface area contributed by atoms with Gasteiger partial charge >= 0.3 is 0 Å². The molecule has 0 amide bonds. The number of benzene rings is 3. The zero-order chi connectivity index (χ0) is 34.0. The Morgan fingerprint density at radius 3 is 2.36 bits per heavy atom. The third kappa shape index (κ3) is 6.74. The summed E-state index contributed by atoms with van der Waals surface area (Å²) < 4.78 is 69.7. The lowest BCUT2D eigenvalue weighted by molar-refractivity contribution is -0.385. The Kier molecular flexibility index (Phi) is 9.45. The fraction of sp³-hybridized carbons (Fsp3) is 0.188. The maximum Gasteiger partial charge on any atom is 0.278 e. The molecule has 11 nitrogen and oxygen atoms in total. The molecule has 0 fully saturated rings. The second kappa shape index (κ2) is 13.3. The van der Waals surface area contributed by atoms with E-state index in [0.717, 1.165) is 12.1 Å². The van der Waals surface area contributed by atoms with Crippen LogP contribution in [0.25, 0.3) is 22.2 Å². The van der Waals surface area contributed by atoms with Crippen LogP contribution in [0.2, 0.25) is 5.02 Å². The maximum atomic E-state index is 15.7. The van der Waals surface area contributed by atoms with E-state index in [1.54, 1.807) is 37.3 Å². The Bertz CT molecular complexity index is 2140. The molecule has 0 unspecified atom stereocenters. The summed E-state index contributed by atoms with van der Waals surface area (Å²) in [5.41, 5.74) is -0.512. The molecular formula is C32H27ClF2N4O7S. The van der Waals surface area contributed by atoms with Crippen LogP contribution in [0.5, 0.6) is 11.5 Å². The minimum Gasteiger partial charge on any atom is -0.493 e. The van der Waals surface area contributed by atoms with Crippen molar-refractivity contribution in [3.8, 4) is 22.6 Å². The SMILES string of the molecule is CCCS(=O)(=O)Nc1ccc(F)c(C(=O)c2cn(Cc3cc(OC)c(OC)cc3[N+](=O)[O-])c3ncc(-c4ccc(Cl)cc4)cc23)c1F. The van der Waals surface area contributed by atoms with Crippen molar-refractivity contribution in [2.24, 2.45) is 0 Å². The average molecular weight is 685 g/mol. The number of ether oxygens (including phenoxy) is 2. The number of nitrogens with zero attached hydrogens (tertiary/aromatic N) is 3. The quantitative estimate of drug-likeness (QED) is 0.0842. The molecule has 0 saturated heterocycles. The van der Waals surface area contributed by atoms with E-state index < -0.39 is 43.6 Å². The van der Waals surface area contributed by atoms with Gasteiger partial charge < -0.3 is 14.0 Å². The number of carbonyl (C=O) groups is 1. The van der Waals surface area contributed by atoms with Gasteiger partial charge in [-0.15, -0.1) is 0 Å². The van der Waals surface area contributed by atoms with Crippen LogP contribution in [0.15, 0.2) is 67.0 Å². The second-order valence-corrected chi connectivity index (χ2v) is 12.7. The van der Waals surface area contributed by atoms with E-state index in [1.165, 1.54) is 43.3 Å². The highest BCUT2D eigenvalue weighted by atomic mass is 35.5. The van der Waals surface area contributed by atoms with E-state index in [-0.39, 0.29) is 58.1 Å². The number of pyridine rings is 1. The number of methoxy groups -OCH3 is 2. The molecule has 2 heterocycles. The highest BCUT2D eigenvalue weighted by Crippen LogP contribution is 2.37. The molecule has 0 spiro atoms. The molecule has 0 saturated carbocycles. The zero-order valence-corrected chi connectivity index (χ0v) is 26.8. The molecule has 47 heavy (non-hydrogen) atoms. The number of carbonyl (C=O) groups excluding carboxylic acids is 1. The number of nitrogens with one attached hydrogen (secondary N) is 1. The molecule has 3 aromatic carbocycles. The number of nitro benzene ring substituents is 1. The summed E-state index contributed by atoms with van der Waals surface area (Å²) in [6.45, 7) is 1.42. The average Bonchev–Trinajstić information content (AvgIpc) is 3.39. The Balaban J connectivity index is 1.70. The van der Waals surface area contributed by atoms with Crippen LogP contribution in [0.1, 0.15) is 34.8 Å². The predicted molar refractivity (Wildman–Crippen MR) is 173 cm³/mol. The Labute approximate surface area is 272 Å². The molecule has 0 aliphatic rings. The van der Waals surface area contributed by atoms with Crippen LogP contribution in [0.4, 0.5) is 20.2 Å². The summed E-state index contributed by atoms with van der Waals surface area (Å²) in [5, 5.41) is 12.7. The predicted octanol–water partition coefficient (Wildman–Crippen LogP) is 6.99. The molecule has 1 N–H and O–H groups in total. The zero-order valence-electron chi connectivity index (χ0n) is 25.2. The number of aromatic nitrogens is 2. The van der Waals surface area contributed by atoms with Crippen LogP contribution >= 0.6 is 11.6 Å². The normalized spacial score (nSPS) is 11.4. The third-order valence-corrected chi connectivity index (χ3v) is 9.04. The van der Waals surface area contributed by atoms with Crippen molar-refractivity contribution in [2.75, 3.05) is 24.7 Å². The highest BCUT2D eigenvalue weighted by molar-refractivity contribution is 7.92. The lowest BCUT2D eigenvalue weighted by Crippen LogP contribution is -2.18. The Morgan fingerprint density at radius 1 is 1.04 bits per heavy atom. The molecule has 0 aliphatic carbocycles. The van der Waals surface area contributed by atoms with Crippen molar-refractivity contribution >= 4 is 49.8 Å². The van der Waals surface area contributed by atoms with Gasteiger partial charge in [-0.1, -0.05) is 30.7 Å². The highest BCUT2D eigenvalue weighted by Gasteiger charge is 2.28. The monoisotopic (exact) mass is 684 g/mol. The van der Waals surface area contributed by atoms with Crippen molar-refractivity contribution in [1.29, 1.82) is 0 Å². The third-order valence-electron chi connectivity index (χ3n) is 7.31. The number of anilines is 1. The van der Waals surface area contributed by atoms with E-state index >= 15 is 8.78 Å². The first-order valence-electron chi connectivity index (χ1n) is 14.0. The van der Waals surface area contributed by atoms with Gasteiger partial charge in [0, 0.05) is 33.9 Å². The van der Waals surface area contributed by atoms with Crippen molar-refractivity contribution in [2.45, 2.75) is 19.9 Å². The minimum absolute atomic E-state index is 0.127. The van der Waals surface area contributed by atoms with Gasteiger partial charge in [-0.3, -0.25) is 19.6 Å². The number of rotatable bonds is 12. The molecule has 0 radical (unpaired) electrons. The largest absolute Gasteiger partial charge is 0.493 e. The number of nitro groups is 1. The minimum atomic E-state index is -3.98. The van der Waals surface area contributed by atoms with E-state index in [1.807, 2.05) is 0 Å². The summed E-state index contributed by atoms with van der Waals surface area (Å²) in [7, 11) is -1.27. The molecule has 0 aliphatic heterocycles. The number of ketones is 1. The fourth-order valence-corrected chi connectivity index (χ4v) is 6.38. The lowest BCUT2D eigenvalue weighted by atomic mass is 10.00. The van der Waals surface area contributed by atoms with Gasteiger partial charge in [0.25, 0.3) is 5.69 Å². The number of sulfonamides is 1. The van der Waals surface area contributed by atoms with Crippen LogP contribution < -0.4 is 14.2 Å². The van der Waals surface area contributed by atoms with Crippen molar-refractivity contribution in [3.05, 3.63) is 110 Å². The molecule has 0 atom stereocenters. The first-order valence-corrected chi connectivity index (χ1v) is 16.1. The molecule has 15 heteroatoms. The molecule has 5 aromatic rings. The van der Waals surface area contributed by atoms with Gasteiger partial charge in [0.15, 0.2) is 17.3 Å². The van der Waals surface area contributed by atoms with Crippen molar-refractivity contribution < 1.29 is 36.4 Å². The van der Waals surface area contributed by atoms with E-state index in [2.05, 4.69) is 9.71 Å². The van der Waals surface area contributed by atoms with E-state index in [4.69, 9.17) is 21.1 Å². The Morgan fingerprint density at radius 2 is 1.72 bits per heavy atom. The van der Waals surface area contributed by atoms with Crippen LogP contribution in [0, 0.1) is 21.7 Å². The first-order chi connectivity index (χ1) is 22.4. The van der Waals surface area contributed by atoms with Crippen LogP contribution in [-0.4, -0.2) is 48.6 Å². The summed E-state index contributed by atoms with van der Waals surface area (Å²) >= 11 is 6.04. The number of hydrogen-bond acceptors (Lipinski definition) is 8. The van der Waals surface area contributed by atoms with E-state index in [9.17, 15) is 23.3 Å². The number of fused-ring (bicyclic) bond motifs is 1. The maximum absolute atomic E-state index is 15.7. The standard InChI is InChI=1S/C32H27ClF2N4O7S/c1-4-11-47(43,44)37-25-10-9-24(34)29(30(25)35)31(40)23-17-38(16-20-13-27(45-2)28(46-3)14-26(20)39(41)42)32-22(23)12-19(15-36-32)18-5-7-21(33)8-6-18/h5-10,12-15,17,37H,4,11,16H2,1-3H3. The van der Waals surface area contributed by atoms with Gasteiger partial charge in [-0.25, -0.2) is 22.2 Å². The smallest absolute Gasteiger partial charge is 0.278 e. The van der Waals surface area contributed by atoms with Crippen LogP contribution in [-0.2, 0) is 16.6 Å². The molecular weight excluding hydrogens is 658 g/mol. The summed E-state index contributed by atoms with van der Waals surface area (Å²) in [4.78, 5) is 29.9. The lowest BCUT2D eigenvalue weighted by Gasteiger charge is -2.12. The molecule has 0 bridgehead atoms. The van der Waals surface area contributed by atoms with Gasteiger partial charge in [-0.2, -0.15) is 0 Å². The van der Waals surface area contributed by atoms with Crippen molar-refractivity contribution in [1.82, 2.24) is 9.55 Å². The molecule has 5 rings (SSSR count). The molecule has 244 valence electrons. The second-order valence-electron chi connectivity index (χ2n) is 10.4. The first kappa shape index (κ1) is 33.3. The summed E-state index contributed by atoms with van der Waals surface area (Å²) in [5.74, 6) is -3.69. The fourth-order valence-electron chi connectivity index (χ4n) is 5.12. The summed E-state index contributed by atoms with van der Waals surface area (Å²) in [6, 6.07) is 12.7. The van der Waals surface area contributed by atoms with Gasteiger partial charge in [0.05, 0.1) is 54.3 Å². The molecule has 2 aromatic heterocycles. The van der Waals surface area contributed by atoms with Gasteiger partial charge in [0.1, 0.15) is 11.5 Å². The van der Waals surface area contributed by atoms with E-state index in [0.29, 0.717) is 16.1 Å². The van der Waals surface area contributed by atoms with Crippen LogP contribution in [0.3, 0.4) is 0 Å². The number of halogens is 3. The van der Waals surface area contributed by atoms with Gasteiger partial charge in [-0.05, 0) is 48.4 Å².